The fraction of sp³-hybridized carbons (Fsp3) is 0.423. The fourth-order valence-electron chi connectivity index (χ4n) is 4.68. The average molecular weight is 456 g/mol. The van der Waals surface area contributed by atoms with Gasteiger partial charge in [0.15, 0.2) is 0 Å². The maximum absolute atomic E-state index is 13.2. The Balaban J connectivity index is 1.46. The Morgan fingerprint density at radius 2 is 1.71 bits per heavy atom. The molecule has 3 unspecified atom stereocenters. The molecule has 2 saturated carbocycles. The quantitative estimate of drug-likeness (QED) is 0.248. The Labute approximate surface area is 193 Å². The number of hydrogen-bond acceptors (Lipinski definition) is 4. The van der Waals surface area contributed by atoms with Gasteiger partial charge in [-0.25, -0.2) is 9.38 Å². The summed E-state index contributed by atoms with van der Waals surface area (Å²) in [5.41, 5.74) is 0.936. The molecule has 0 spiro atoms. The second-order valence-electron chi connectivity index (χ2n) is 8.38. The summed E-state index contributed by atoms with van der Waals surface area (Å²) >= 11 is 3.52. The van der Waals surface area contributed by atoms with E-state index < -0.39 is 0 Å². The van der Waals surface area contributed by atoms with Crippen molar-refractivity contribution in [2.75, 3.05) is 7.11 Å². The van der Waals surface area contributed by atoms with Crippen molar-refractivity contribution in [3.63, 3.8) is 0 Å². The van der Waals surface area contributed by atoms with Crippen molar-refractivity contribution in [1.29, 1.82) is 0 Å². The number of rotatable bonds is 6. The summed E-state index contributed by atoms with van der Waals surface area (Å²) in [5, 5.41) is 3.74. The van der Waals surface area contributed by atoms with Gasteiger partial charge in [-0.3, -0.25) is 0 Å². The first-order valence-electron chi connectivity index (χ1n) is 11.2. The summed E-state index contributed by atoms with van der Waals surface area (Å²) in [6.07, 6.45) is 11.7. The van der Waals surface area contributed by atoms with E-state index >= 15 is 0 Å². The zero-order chi connectivity index (χ0) is 21.5. The Morgan fingerprint density at radius 3 is 2.45 bits per heavy atom. The first-order valence-corrected chi connectivity index (χ1v) is 12.9. The molecule has 0 bridgehead atoms. The largest absolute Gasteiger partial charge is 0.497 e. The third-order valence-electron chi connectivity index (χ3n) is 6.32. The SMILES string of the molecule is COc1ccc(N=C(/C=C\Sc2ccc(F)cc2)SC2CCC3CCCCC3C2)cc1. The van der Waals surface area contributed by atoms with E-state index in [9.17, 15) is 4.39 Å². The summed E-state index contributed by atoms with van der Waals surface area (Å²) in [7, 11) is 1.68. The van der Waals surface area contributed by atoms with E-state index in [1.54, 1.807) is 18.9 Å². The van der Waals surface area contributed by atoms with Crippen molar-refractivity contribution < 1.29 is 9.13 Å². The molecule has 5 heteroatoms. The molecule has 0 aromatic heterocycles. The number of thioether (sulfide) groups is 2. The molecule has 31 heavy (non-hydrogen) atoms. The molecule has 0 saturated heterocycles. The topological polar surface area (TPSA) is 21.6 Å². The van der Waals surface area contributed by atoms with E-state index in [1.807, 2.05) is 48.2 Å². The number of hydrogen-bond donors (Lipinski definition) is 0. The maximum Gasteiger partial charge on any atom is 0.123 e. The van der Waals surface area contributed by atoms with Crippen LogP contribution >= 0.6 is 23.5 Å². The number of nitrogens with zero attached hydrogens (tertiary/aromatic N) is 1. The Kier molecular flexibility index (Phi) is 8.15. The number of aliphatic imine (C=N–C) groups is 1. The Bertz CT molecular complexity index is 895. The lowest BCUT2D eigenvalue weighted by Gasteiger charge is -2.39. The summed E-state index contributed by atoms with van der Waals surface area (Å²) in [5.74, 6) is 2.49. The van der Waals surface area contributed by atoms with Crippen molar-refractivity contribution in [2.45, 2.75) is 55.1 Å². The molecule has 2 aromatic rings. The molecule has 2 aliphatic rings. The summed E-state index contributed by atoms with van der Waals surface area (Å²) in [6.45, 7) is 0. The Hall–Kier alpha value is -1.72. The van der Waals surface area contributed by atoms with E-state index in [-0.39, 0.29) is 5.82 Å². The molecule has 2 aromatic carbocycles. The van der Waals surface area contributed by atoms with Crippen molar-refractivity contribution >= 4 is 34.3 Å². The molecule has 0 heterocycles. The lowest BCUT2D eigenvalue weighted by Crippen LogP contribution is -2.29. The molecule has 164 valence electrons. The monoisotopic (exact) mass is 455 g/mol. The summed E-state index contributed by atoms with van der Waals surface area (Å²) in [4.78, 5) is 5.96. The second-order valence-corrected chi connectivity index (χ2v) is 10.7. The fourth-order valence-corrected chi connectivity index (χ4v) is 6.66. The highest BCUT2D eigenvalue weighted by atomic mass is 32.2. The van der Waals surface area contributed by atoms with Crippen LogP contribution in [0.3, 0.4) is 0 Å². The highest BCUT2D eigenvalue weighted by Gasteiger charge is 2.32. The zero-order valence-corrected chi connectivity index (χ0v) is 19.6. The number of methoxy groups -OCH3 is 1. The zero-order valence-electron chi connectivity index (χ0n) is 18.0. The minimum Gasteiger partial charge on any atom is -0.497 e. The van der Waals surface area contributed by atoms with Gasteiger partial charge in [-0.2, -0.15) is 0 Å². The van der Waals surface area contributed by atoms with E-state index in [2.05, 4.69) is 11.5 Å². The van der Waals surface area contributed by atoms with Gasteiger partial charge in [-0.15, -0.1) is 11.8 Å². The van der Waals surface area contributed by atoms with Crippen molar-refractivity contribution in [3.05, 3.63) is 65.8 Å². The highest BCUT2D eigenvalue weighted by Crippen LogP contribution is 2.44. The van der Waals surface area contributed by atoms with E-state index in [0.717, 1.165) is 33.2 Å². The smallest absolute Gasteiger partial charge is 0.123 e. The maximum atomic E-state index is 13.2. The Morgan fingerprint density at radius 1 is 0.968 bits per heavy atom. The van der Waals surface area contributed by atoms with Crippen LogP contribution in [-0.2, 0) is 0 Å². The molecular formula is C26H30FNOS2. The second kappa shape index (κ2) is 11.2. The highest BCUT2D eigenvalue weighted by molar-refractivity contribution is 8.15. The van der Waals surface area contributed by atoms with Crippen LogP contribution in [0.5, 0.6) is 5.75 Å². The van der Waals surface area contributed by atoms with Crippen LogP contribution in [0.15, 0.2) is 69.9 Å². The van der Waals surface area contributed by atoms with Gasteiger partial charge in [-0.05, 0) is 91.1 Å². The first-order chi connectivity index (χ1) is 15.2. The van der Waals surface area contributed by atoms with E-state index in [4.69, 9.17) is 9.73 Å². The number of halogens is 1. The third-order valence-corrected chi connectivity index (χ3v) is 8.37. The van der Waals surface area contributed by atoms with Crippen LogP contribution < -0.4 is 4.74 Å². The predicted molar refractivity (Wildman–Crippen MR) is 132 cm³/mol. The molecule has 2 aliphatic carbocycles. The number of benzene rings is 2. The molecular weight excluding hydrogens is 425 g/mol. The van der Waals surface area contributed by atoms with Gasteiger partial charge < -0.3 is 4.74 Å². The molecule has 4 rings (SSSR count). The summed E-state index contributed by atoms with van der Waals surface area (Å²) in [6, 6.07) is 14.5. The van der Waals surface area contributed by atoms with Gasteiger partial charge in [-0.1, -0.05) is 37.4 Å². The van der Waals surface area contributed by atoms with E-state index in [1.165, 1.54) is 57.1 Å². The van der Waals surface area contributed by atoms with Crippen molar-refractivity contribution in [1.82, 2.24) is 0 Å². The third kappa shape index (κ3) is 6.63. The molecule has 0 radical (unpaired) electrons. The van der Waals surface area contributed by atoms with Gasteiger partial charge in [0.05, 0.1) is 17.8 Å². The van der Waals surface area contributed by atoms with Gasteiger partial charge >= 0.3 is 0 Å². The van der Waals surface area contributed by atoms with Gasteiger partial charge in [0.25, 0.3) is 0 Å². The van der Waals surface area contributed by atoms with Crippen molar-refractivity contribution in [3.8, 4) is 5.75 Å². The van der Waals surface area contributed by atoms with Gasteiger partial charge in [0, 0.05) is 10.1 Å². The number of ether oxygens (including phenoxy) is 1. The average Bonchev–Trinajstić information content (AvgIpc) is 2.81. The number of fused-ring (bicyclic) bond motifs is 1. The van der Waals surface area contributed by atoms with Crippen LogP contribution in [0, 0.1) is 17.7 Å². The minimum atomic E-state index is -0.205. The molecule has 0 N–H and O–H groups in total. The minimum absolute atomic E-state index is 0.205. The lowest BCUT2D eigenvalue weighted by molar-refractivity contribution is 0.175. The van der Waals surface area contributed by atoms with Crippen LogP contribution in [0.25, 0.3) is 0 Å². The normalized spacial score (nSPS) is 24.2. The van der Waals surface area contributed by atoms with Crippen LogP contribution in [0.4, 0.5) is 10.1 Å². The molecule has 0 amide bonds. The van der Waals surface area contributed by atoms with Gasteiger partial charge in [0.2, 0.25) is 0 Å². The predicted octanol–water partition coefficient (Wildman–Crippen LogP) is 8.26. The molecule has 2 fully saturated rings. The van der Waals surface area contributed by atoms with Crippen molar-refractivity contribution in [2.24, 2.45) is 16.8 Å². The lowest BCUT2D eigenvalue weighted by atomic mass is 9.71. The molecule has 2 nitrogen and oxygen atoms in total. The molecule has 3 atom stereocenters. The van der Waals surface area contributed by atoms with Crippen LogP contribution in [-0.4, -0.2) is 17.4 Å². The standard InChI is InChI=1S/C26H30FNOS2/c1-29-23-11-9-22(10-12-23)28-26(16-17-30-24-14-7-21(27)8-15-24)31-25-13-6-19-4-2-3-5-20(19)18-25/h7-12,14-17,19-20,25H,2-6,13,18H2,1H3/b17-16-,28-26?. The molecule has 0 aliphatic heterocycles. The van der Waals surface area contributed by atoms with Crippen LogP contribution in [0.2, 0.25) is 0 Å². The van der Waals surface area contributed by atoms with Gasteiger partial charge in [0.1, 0.15) is 11.6 Å². The van der Waals surface area contributed by atoms with Crippen LogP contribution in [0.1, 0.15) is 44.9 Å². The first kappa shape index (κ1) is 22.5. The summed E-state index contributed by atoms with van der Waals surface area (Å²) < 4.78 is 18.4. The van der Waals surface area contributed by atoms with E-state index in [0.29, 0.717) is 5.25 Å².